The Morgan fingerprint density at radius 2 is 1.80 bits per heavy atom. The van der Waals surface area contributed by atoms with Crippen LogP contribution in [-0.4, -0.2) is 82.2 Å². The van der Waals surface area contributed by atoms with E-state index in [-0.39, 0.29) is 11.8 Å². The zero-order valence-electron chi connectivity index (χ0n) is 20.0. The summed E-state index contributed by atoms with van der Waals surface area (Å²) >= 11 is 0. The Balaban J connectivity index is 1.19. The van der Waals surface area contributed by atoms with Gasteiger partial charge in [0.2, 0.25) is 5.88 Å². The molecule has 0 aliphatic carbocycles. The number of anilines is 1. The smallest absolute Gasteiger partial charge is 0.259 e. The molecule has 1 amide bonds. The number of piperazine rings is 1. The van der Waals surface area contributed by atoms with Crippen molar-refractivity contribution < 1.29 is 14.6 Å². The van der Waals surface area contributed by atoms with E-state index >= 15 is 0 Å². The molecule has 1 atom stereocenters. The number of para-hydroxylation sites is 1. The quantitative estimate of drug-likeness (QED) is 0.589. The molecule has 2 aliphatic rings. The van der Waals surface area contributed by atoms with Gasteiger partial charge in [-0.25, -0.2) is 4.98 Å². The molecule has 0 saturated carbocycles. The first kappa shape index (κ1) is 23.3. The van der Waals surface area contributed by atoms with Crippen LogP contribution >= 0.6 is 0 Å². The number of amides is 1. The molecule has 8 heteroatoms. The Labute approximate surface area is 205 Å². The molecule has 8 nitrogen and oxygen atoms in total. The maximum Gasteiger partial charge on any atom is 0.259 e. The minimum absolute atomic E-state index is 0.182. The average molecular weight is 474 g/mol. The van der Waals surface area contributed by atoms with E-state index in [9.17, 15) is 9.90 Å². The molecular formula is C27H31N5O3. The summed E-state index contributed by atoms with van der Waals surface area (Å²) in [5.74, 6) is 0.588. The Morgan fingerprint density at radius 1 is 1.00 bits per heavy atom. The number of likely N-dealkylation sites (tertiary alicyclic amines) is 1. The van der Waals surface area contributed by atoms with Crippen LogP contribution in [0, 0.1) is 6.92 Å². The van der Waals surface area contributed by atoms with Gasteiger partial charge in [-0.05, 0) is 49.7 Å². The maximum atomic E-state index is 13.4. The van der Waals surface area contributed by atoms with Crippen molar-refractivity contribution in [2.75, 3.05) is 50.7 Å². The predicted octanol–water partition coefficient (Wildman–Crippen LogP) is 2.98. The number of aliphatic hydroxyl groups is 1. The number of benzene rings is 1. The summed E-state index contributed by atoms with van der Waals surface area (Å²) in [7, 11) is 0. The number of rotatable bonds is 6. The highest BCUT2D eigenvalue weighted by Gasteiger charge is 2.40. The molecule has 182 valence electrons. The van der Waals surface area contributed by atoms with Crippen molar-refractivity contribution in [3.05, 3.63) is 78.2 Å². The molecule has 0 radical (unpaired) electrons. The van der Waals surface area contributed by atoms with Crippen molar-refractivity contribution in [2.24, 2.45) is 0 Å². The van der Waals surface area contributed by atoms with Crippen LogP contribution < -0.4 is 9.64 Å². The molecule has 2 fully saturated rings. The van der Waals surface area contributed by atoms with E-state index in [1.807, 2.05) is 19.1 Å². The lowest BCUT2D eigenvalue weighted by Gasteiger charge is -2.39. The van der Waals surface area contributed by atoms with E-state index in [0.717, 1.165) is 31.9 Å². The largest absolute Gasteiger partial charge is 0.437 e. The molecule has 1 N–H and O–H groups in total. The summed E-state index contributed by atoms with van der Waals surface area (Å²) in [6.45, 7) is 6.87. The topological polar surface area (TPSA) is 82.0 Å². The number of carbonyl (C=O) groups is 1. The van der Waals surface area contributed by atoms with Crippen molar-refractivity contribution >= 4 is 11.6 Å². The van der Waals surface area contributed by atoms with Gasteiger partial charge in [0.15, 0.2) is 0 Å². The highest BCUT2D eigenvalue weighted by Crippen LogP contribution is 2.28. The van der Waals surface area contributed by atoms with Gasteiger partial charge in [0, 0.05) is 56.8 Å². The van der Waals surface area contributed by atoms with Gasteiger partial charge < -0.3 is 19.6 Å². The number of pyridine rings is 2. The summed E-state index contributed by atoms with van der Waals surface area (Å²) < 4.78 is 5.87. The number of hydrogen-bond acceptors (Lipinski definition) is 7. The SMILES string of the molecule is Cc1ccc(Oc2ncccc2C(=O)N2CCC(O)(CN3CCN(c4ccccc4)CC3)C2)cn1. The summed E-state index contributed by atoms with van der Waals surface area (Å²) in [6.07, 6.45) is 3.77. The normalized spacial score (nSPS) is 20.7. The number of hydrogen-bond donors (Lipinski definition) is 1. The Hall–Kier alpha value is -3.49. The summed E-state index contributed by atoms with van der Waals surface area (Å²) in [6, 6.07) is 17.5. The summed E-state index contributed by atoms with van der Waals surface area (Å²) in [5.41, 5.74) is 1.58. The summed E-state index contributed by atoms with van der Waals surface area (Å²) in [5, 5.41) is 11.3. The average Bonchev–Trinajstić information content (AvgIpc) is 3.28. The van der Waals surface area contributed by atoms with Crippen molar-refractivity contribution in [1.29, 1.82) is 0 Å². The van der Waals surface area contributed by atoms with Gasteiger partial charge in [0.05, 0.1) is 18.3 Å². The molecule has 5 rings (SSSR count). The second-order valence-corrected chi connectivity index (χ2v) is 9.39. The second-order valence-electron chi connectivity index (χ2n) is 9.39. The number of nitrogens with zero attached hydrogens (tertiary/aromatic N) is 5. The van der Waals surface area contributed by atoms with Crippen LogP contribution in [0.5, 0.6) is 11.6 Å². The fourth-order valence-corrected chi connectivity index (χ4v) is 4.81. The molecule has 2 aromatic heterocycles. The van der Waals surface area contributed by atoms with E-state index < -0.39 is 5.60 Å². The second kappa shape index (κ2) is 10.0. The lowest BCUT2D eigenvalue weighted by molar-refractivity contribution is 0.0103. The van der Waals surface area contributed by atoms with Gasteiger partial charge in [-0.2, -0.15) is 0 Å². The third-order valence-electron chi connectivity index (χ3n) is 6.73. The van der Waals surface area contributed by atoms with Crippen LogP contribution in [0.3, 0.4) is 0 Å². The molecule has 2 saturated heterocycles. The van der Waals surface area contributed by atoms with Gasteiger partial charge in [-0.1, -0.05) is 18.2 Å². The van der Waals surface area contributed by atoms with Gasteiger partial charge in [0.1, 0.15) is 11.3 Å². The van der Waals surface area contributed by atoms with Crippen molar-refractivity contribution in [3.8, 4) is 11.6 Å². The van der Waals surface area contributed by atoms with Gasteiger partial charge in [-0.3, -0.25) is 14.7 Å². The van der Waals surface area contributed by atoms with E-state index in [4.69, 9.17) is 4.74 Å². The maximum absolute atomic E-state index is 13.4. The minimum Gasteiger partial charge on any atom is -0.437 e. The van der Waals surface area contributed by atoms with Crippen LogP contribution in [0.2, 0.25) is 0 Å². The van der Waals surface area contributed by atoms with Crippen LogP contribution in [0.4, 0.5) is 5.69 Å². The first-order valence-corrected chi connectivity index (χ1v) is 12.1. The molecule has 3 aromatic rings. The first-order valence-electron chi connectivity index (χ1n) is 12.1. The molecule has 1 unspecified atom stereocenters. The number of aromatic nitrogens is 2. The Bertz CT molecular complexity index is 1150. The van der Waals surface area contributed by atoms with E-state index in [0.29, 0.717) is 37.4 Å². The monoisotopic (exact) mass is 473 g/mol. The fraction of sp³-hybridized carbons (Fsp3) is 0.370. The standard InChI is InChI=1S/C27H31N5O3/c1-21-9-10-23(18-29-21)35-25-24(8-5-12-28-25)26(33)32-13-11-27(34,20-32)19-30-14-16-31(17-15-30)22-6-3-2-4-7-22/h2-10,12,18,34H,11,13-17,19-20H2,1H3. The fourth-order valence-electron chi connectivity index (χ4n) is 4.81. The van der Waals surface area contributed by atoms with Crippen molar-refractivity contribution in [1.82, 2.24) is 19.8 Å². The number of β-amino-alcohol motifs (C(OH)–C–C–N with tert-alkyl or cyclic N) is 1. The molecular weight excluding hydrogens is 442 g/mol. The van der Waals surface area contributed by atoms with E-state index in [1.165, 1.54) is 5.69 Å². The van der Waals surface area contributed by atoms with Crippen molar-refractivity contribution in [2.45, 2.75) is 18.9 Å². The lowest BCUT2D eigenvalue weighted by Crippen LogP contribution is -2.53. The Morgan fingerprint density at radius 3 is 2.54 bits per heavy atom. The van der Waals surface area contributed by atoms with Crippen molar-refractivity contribution in [3.63, 3.8) is 0 Å². The predicted molar refractivity (Wildman–Crippen MR) is 134 cm³/mol. The molecule has 4 heterocycles. The lowest BCUT2D eigenvalue weighted by atomic mass is 10.0. The Kier molecular flexibility index (Phi) is 6.66. The van der Waals surface area contributed by atoms with Crippen LogP contribution in [0.15, 0.2) is 67.0 Å². The van der Waals surface area contributed by atoms with Gasteiger partial charge in [0.25, 0.3) is 5.91 Å². The van der Waals surface area contributed by atoms with Crippen LogP contribution in [-0.2, 0) is 0 Å². The minimum atomic E-state index is -0.922. The zero-order valence-corrected chi connectivity index (χ0v) is 20.0. The van der Waals surface area contributed by atoms with Gasteiger partial charge in [-0.15, -0.1) is 0 Å². The third-order valence-corrected chi connectivity index (χ3v) is 6.73. The zero-order chi connectivity index (χ0) is 24.3. The molecule has 1 aromatic carbocycles. The third kappa shape index (κ3) is 5.44. The number of aryl methyl sites for hydroxylation is 1. The highest BCUT2D eigenvalue weighted by atomic mass is 16.5. The van der Waals surface area contributed by atoms with Crippen LogP contribution in [0.1, 0.15) is 22.5 Å². The van der Waals surface area contributed by atoms with Gasteiger partial charge >= 0.3 is 0 Å². The first-order chi connectivity index (χ1) is 17.0. The molecule has 0 bridgehead atoms. The number of carbonyl (C=O) groups excluding carboxylic acids is 1. The highest BCUT2D eigenvalue weighted by molar-refractivity contribution is 5.96. The summed E-state index contributed by atoms with van der Waals surface area (Å²) in [4.78, 5) is 28.2. The molecule has 2 aliphatic heterocycles. The number of ether oxygens (including phenoxy) is 1. The van der Waals surface area contributed by atoms with Crippen LogP contribution in [0.25, 0.3) is 0 Å². The molecule has 0 spiro atoms. The van der Waals surface area contributed by atoms with E-state index in [1.54, 1.807) is 35.5 Å². The van der Waals surface area contributed by atoms with E-state index in [2.05, 4.69) is 44.0 Å². The molecule has 35 heavy (non-hydrogen) atoms.